The lowest BCUT2D eigenvalue weighted by atomic mass is 9.95. The van der Waals surface area contributed by atoms with E-state index < -0.39 is 64.6 Å². The lowest BCUT2D eigenvalue weighted by molar-refractivity contribution is -0.255. The topological polar surface area (TPSA) is 62.2 Å². The number of hydrogen-bond donors (Lipinski definition) is 0. The molecule has 0 fully saturated rings. The van der Waals surface area contributed by atoms with Crippen molar-refractivity contribution in [3.05, 3.63) is 93.7 Å². The molecule has 0 radical (unpaired) electrons. The van der Waals surface area contributed by atoms with E-state index in [2.05, 4.69) is 4.98 Å². The van der Waals surface area contributed by atoms with Crippen LogP contribution in [0, 0.1) is 23.3 Å². The molecule has 0 saturated heterocycles. The van der Waals surface area contributed by atoms with Crippen molar-refractivity contribution in [2.24, 2.45) is 0 Å². The Morgan fingerprint density at radius 2 is 1.56 bits per heavy atom. The summed E-state index contributed by atoms with van der Waals surface area (Å²) in [5, 5.41) is 11.2. The molecule has 1 aromatic heterocycles. The fraction of sp³-hybridized carbons (Fsp3) is 0.200. The number of aromatic nitrogens is 1. The third kappa shape index (κ3) is 5.19. The second-order valence-corrected chi connectivity index (χ2v) is 8.04. The van der Waals surface area contributed by atoms with Crippen molar-refractivity contribution in [2.45, 2.75) is 32.0 Å². The number of carboxylic acid groups (broad SMARTS) is 1. The van der Waals surface area contributed by atoms with Gasteiger partial charge in [-0.25, -0.2) is 22.5 Å². The summed E-state index contributed by atoms with van der Waals surface area (Å²) in [6.45, 7) is -0.805. The molecule has 4 rings (SSSR count). The fourth-order valence-corrected chi connectivity index (χ4v) is 4.03. The summed E-state index contributed by atoms with van der Waals surface area (Å²) >= 11 is 0. The normalized spacial score (nSPS) is 13.9. The molecule has 11 heteroatoms. The van der Waals surface area contributed by atoms with Gasteiger partial charge in [0.2, 0.25) is 5.88 Å². The molecule has 3 aromatic rings. The molecule has 2 aromatic carbocycles. The number of ether oxygens (including phenoxy) is 1. The largest absolute Gasteiger partial charge is 0.545 e. The number of rotatable bonds is 6. The van der Waals surface area contributed by atoms with Crippen LogP contribution in [-0.4, -0.2) is 11.0 Å². The predicted octanol–water partition coefficient (Wildman–Crippen LogP) is 5.69. The van der Waals surface area contributed by atoms with Gasteiger partial charge in [0.15, 0.2) is 0 Å². The lowest BCUT2D eigenvalue weighted by Crippen LogP contribution is -2.22. The van der Waals surface area contributed by atoms with Crippen LogP contribution >= 0.6 is 0 Å². The van der Waals surface area contributed by atoms with E-state index in [4.69, 9.17) is 4.74 Å². The van der Waals surface area contributed by atoms with Gasteiger partial charge in [-0.05, 0) is 60.2 Å². The summed E-state index contributed by atoms with van der Waals surface area (Å²) in [7, 11) is 0. The summed E-state index contributed by atoms with van der Waals surface area (Å²) in [6.07, 6.45) is -3.36. The number of carboxylic acids is 1. The number of pyridine rings is 1. The maximum Gasteiger partial charge on any atom is 0.417 e. The van der Waals surface area contributed by atoms with E-state index in [1.165, 1.54) is 0 Å². The van der Waals surface area contributed by atoms with Crippen LogP contribution in [-0.2, 0) is 12.8 Å². The molecule has 0 saturated carbocycles. The monoisotopic (exact) mass is 510 g/mol. The van der Waals surface area contributed by atoms with Crippen molar-refractivity contribution in [1.29, 1.82) is 0 Å². The second-order valence-electron chi connectivity index (χ2n) is 8.04. The first-order valence-electron chi connectivity index (χ1n) is 10.5. The molecule has 0 N–H and O–H groups in total. The zero-order valence-corrected chi connectivity index (χ0v) is 18.2. The minimum absolute atomic E-state index is 0.126. The van der Waals surface area contributed by atoms with Crippen LogP contribution in [0.5, 0.6) is 5.88 Å². The first-order valence-corrected chi connectivity index (χ1v) is 10.5. The number of alkyl halides is 3. The van der Waals surface area contributed by atoms with Gasteiger partial charge in [-0.3, -0.25) is 0 Å². The van der Waals surface area contributed by atoms with Gasteiger partial charge in [0.1, 0.15) is 29.9 Å². The van der Waals surface area contributed by atoms with Gasteiger partial charge in [0.05, 0.1) is 17.1 Å². The lowest BCUT2D eigenvalue weighted by Gasteiger charge is -2.17. The Morgan fingerprint density at radius 3 is 2.19 bits per heavy atom. The summed E-state index contributed by atoms with van der Waals surface area (Å²) < 4.78 is 101. The van der Waals surface area contributed by atoms with E-state index in [1.54, 1.807) is 0 Å². The molecule has 36 heavy (non-hydrogen) atoms. The van der Waals surface area contributed by atoms with Crippen molar-refractivity contribution >= 4 is 17.1 Å². The van der Waals surface area contributed by atoms with E-state index in [9.17, 15) is 40.6 Å². The number of aromatic carboxylic acids is 1. The second kappa shape index (κ2) is 9.63. The maximum absolute atomic E-state index is 14.1. The molecule has 0 amide bonds. The molecule has 0 unspecified atom stereocenters. The third-order valence-electron chi connectivity index (χ3n) is 5.66. The molecular weight excluding hydrogens is 495 g/mol. The standard InChI is InChI=1S/C25H16F7NO3/c26-15-5-12(4-13(6-15)24(34)35)17-2-1-3-18(17)19-7-14(25(30,31)32)10-33-23(19)36-11-20-21(28)8-16(27)9-22(20)29/h4-10H,1-3,11H2,(H,34,35)/p-1. The molecule has 188 valence electrons. The summed E-state index contributed by atoms with van der Waals surface area (Å²) in [5.74, 6) is -6.58. The Hall–Kier alpha value is -3.89. The molecule has 0 aliphatic heterocycles. The van der Waals surface area contributed by atoms with Gasteiger partial charge in [0.25, 0.3) is 0 Å². The highest BCUT2D eigenvalue weighted by molar-refractivity contribution is 5.96. The quantitative estimate of drug-likeness (QED) is 0.400. The van der Waals surface area contributed by atoms with Gasteiger partial charge in [-0.15, -0.1) is 0 Å². The number of allylic oxidation sites excluding steroid dienone is 2. The average molecular weight is 510 g/mol. The van der Waals surface area contributed by atoms with Crippen molar-refractivity contribution in [1.82, 2.24) is 4.98 Å². The van der Waals surface area contributed by atoms with E-state index in [0.717, 1.165) is 24.3 Å². The minimum Gasteiger partial charge on any atom is -0.545 e. The first kappa shape index (κ1) is 25.2. The predicted molar refractivity (Wildman–Crippen MR) is 111 cm³/mol. The number of carbonyl (C=O) groups excluding carboxylic acids is 1. The van der Waals surface area contributed by atoms with Gasteiger partial charge in [-0.2, -0.15) is 13.2 Å². The highest BCUT2D eigenvalue weighted by Gasteiger charge is 2.33. The Morgan fingerprint density at radius 1 is 0.917 bits per heavy atom. The Bertz CT molecular complexity index is 1360. The Balaban J connectivity index is 1.82. The van der Waals surface area contributed by atoms with Crippen LogP contribution in [0.25, 0.3) is 11.1 Å². The van der Waals surface area contributed by atoms with E-state index >= 15 is 0 Å². The van der Waals surface area contributed by atoms with Crippen molar-refractivity contribution < 1.29 is 45.4 Å². The smallest absolute Gasteiger partial charge is 0.417 e. The molecule has 0 bridgehead atoms. The van der Waals surface area contributed by atoms with Crippen molar-refractivity contribution in [2.75, 3.05) is 0 Å². The van der Waals surface area contributed by atoms with Crippen LogP contribution < -0.4 is 9.84 Å². The molecule has 1 aliphatic carbocycles. The summed E-state index contributed by atoms with van der Waals surface area (Å²) in [5.41, 5.74) is -1.63. The summed E-state index contributed by atoms with van der Waals surface area (Å²) in [4.78, 5) is 14.9. The number of benzene rings is 2. The van der Waals surface area contributed by atoms with Crippen LogP contribution in [0.15, 0.2) is 42.6 Å². The Kier molecular flexibility index (Phi) is 6.75. The summed E-state index contributed by atoms with van der Waals surface area (Å²) in [6, 6.07) is 4.54. The number of carbonyl (C=O) groups is 1. The van der Waals surface area contributed by atoms with Gasteiger partial charge >= 0.3 is 6.18 Å². The van der Waals surface area contributed by atoms with Crippen LogP contribution in [0.1, 0.15) is 51.9 Å². The average Bonchev–Trinajstić information content (AvgIpc) is 3.27. The SMILES string of the molecule is O=C([O-])c1cc(F)cc(C2=C(c3cc(C(F)(F)F)cnc3OCc3c(F)cc(F)cc3F)CCC2)c1. The highest BCUT2D eigenvalue weighted by Crippen LogP contribution is 2.44. The number of nitrogens with zero attached hydrogens (tertiary/aromatic N) is 1. The van der Waals surface area contributed by atoms with Crippen molar-refractivity contribution in [3.63, 3.8) is 0 Å². The zero-order valence-electron chi connectivity index (χ0n) is 18.2. The number of halogens is 7. The van der Waals surface area contributed by atoms with Crippen LogP contribution in [0.2, 0.25) is 0 Å². The van der Waals surface area contributed by atoms with E-state index in [-0.39, 0.29) is 29.5 Å². The minimum atomic E-state index is -4.78. The van der Waals surface area contributed by atoms with E-state index in [1.807, 2.05) is 0 Å². The first-order chi connectivity index (χ1) is 16.9. The molecule has 0 spiro atoms. The Labute approximate surface area is 199 Å². The molecule has 1 aliphatic rings. The van der Waals surface area contributed by atoms with Gasteiger partial charge < -0.3 is 14.6 Å². The van der Waals surface area contributed by atoms with Gasteiger partial charge in [-0.1, -0.05) is 0 Å². The van der Waals surface area contributed by atoms with Crippen LogP contribution in [0.4, 0.5) is 30.7 Å². The number of hydrogen-bond acceptors (Lipinski definition) is 4. The zero-order chi connectivity index (χ0) is 26.2. The fourth-order valence-electron chi connectivity index (χ4n) is 4.03. The van der Waals surface area contributed by atoms with Crippen molar-refractivity contribution in [3.8, 4) is 5.88 Å². The highest BCUT2D eigenvalue weighted by atomic mass is 19.4. The van der Waals surface area contributed by atoms with Crippen LogP contribution in [0.3, 0.4) is 0 Å². The molecule has 1 heterocycles. The molecule has 0 atom stereocenters. The van der Waals surface area contributed by atoms with Gasteiger partial charge in [0, 0.05) is 29.5 Å². The maximum atomic E-state index is 14.1. The van der Waals surface area contributed by atoms with E-state index in [0.29, 0.717) is 30.3 Å². The molecular formula is C25H15F7NO3-. The third-order valence-corrected chi connectivity index (χ3v) is 5.66. The molecule has 4 nitrogen and oxygen atoms in total.